The second-order valence-corrected chi connectivity index (χ2v) is 5.57. The van der Waals surface area contributed by atoms with Gasteiger partial charge in [-0.25, -0.2) is 0 Å². The predicted molar refractivity (Wildman–Crippen MR) is 84.8 cm³/mol. The van der Waals surface area contributed by atoms with Crippen LogP contribution < -0.4 is 10.6 Å². The van der Waals surface area contributed by atoms with Gasteiger partial charge in [0.1, 0.15) is 0 Å². The number of anilines is 2. The van der Waals surface area contributed by atoms with Crippen LogP contribution in [0.4, 0.5) is 17.1 Å². The van der Waals surface area contributed by atoms with Gasteiger partial charge in [0.05, 0.1) is 21.2 Å². The fourth-order valence-electron chi connectivity index (χ4n) is 2.80. The lowest BCUT2D eigenvalue weighted by Crippen LogP contribution is -2.39. The molecular formula is C14H15N5O5. The Morgan fingerprint density at radius 2 is 1.71 bits per heavy atom. The van der Waals surface area contributed by atoms with E-state index in [9.17, 15) is 25.0 Å². The topological polar surface area (TPSA) is 131 Å². The van der Waals surface area contributed by atoms with Crippen LogP contribution in [0.25, 0.3) is 0 Å². The molecule has 0 atom stereocenters. The molecular weight excluding hydrogens is 318 g/mol. The second-order valence-electron chi connectivity index (χ2n) is 5.57. The molecule has 2 N–H and O–H groups in total. The van der Waals surface area contributed by atoms with E-state index in [2.05, 4.69) is 10.6 Å². The highest BCUT2D eigenvalue weighted by Crippen LogP contribution is 2.35. The Bertz CT molecular complexity index is 754. The summed E-state index contributed by atoms with van der Waals surface area (Å²) in [6, 6.07) is 3.99. The Hall–Kier alpha value is -3.17. The van der Waals surface area contributed by atoms with Crippen LogP contribution in [-0.2, 0) is 4.79 Å². The van der Waals surface area contributed by atoms with E-state index in [1.54, 1.807) is 0 Å². The van der Waals surface area contributed by atoms with Gasteiger partial charge < -0.3 is 15.5 Å². The molecule has 1 saturated heterocycles. The quantitative estimate of drug-likeness (QED) is 0.490. The zero-order valence-corrected chi connectivity index (χ0v) is 12.7. The number of rotatable bonds is 3. The van der Waals surface area contributed by atoms with E-state index in [-0.39, 0.29) is 11.5 Å². The van der Waals surface area contributed by atoms with Gasteiger partial charge in [-0.15, -0.1) is 0 Å². The molecule has 1 aromatic carbocycles. The van der Waals surface area contributed by atoms with Crippen LogP contribution in [0.1, 0.15) is 19.3 Å². The third-order valence-electron chi connectivity index (χ3n) is 4.00. The average molecular weight is 333 g/mol. The first-order valence-corrected chi connectivity index (χ1v) is 7.48. The summed E-state index contributed by atoms with van der Waals surface area (Å²) in [5.41, 5.74) is 0.0384. The maximum absolute atomic E-state index is 12.5. The predicted octanol–water partition coefficient (Wildman–Crippen LogP) is 1.89. The van der Waals surface area contributed by atoms with Gasteiger partial charge >= 0.3 is 11.6 Å². The minimum atomic E-state index is -0.730. The first kappa shape index (κ1) is 15.7. The summed E-state index contributed by atoms with van der Waals surface area (Å²) in [4.78, 5) is 34.9. The van der Waals surface area contributed by atoms with Crippen molar-refractivity contribution in [2.24, 2.45) is 0 Å². The molecule has 10 heteroatoms. The molecule has 126 valence electrons. The van der Waals surface area contributed by atoms with Crippen molar-refractivity contribution >= 4 is 23.0 Å². The summed E-state index contributed by atoms with van der Waals surface area (Å²) in [6.07, 6.45) is 2.64. The van der Waals surface area contributed by atoms with Gasteiger partial charge in [-0.2, -0.15) is 0 Å². The molecule has 3 rings (SSSR count). The van der Waals surface area contributed by atoms with E-state index in [4.69, 9.17) is 0 Å². The summed E-state index contributed by atoms with van der Waals surface area (Å²) in [5, 5.41) is 27.7. The highest BCUT2D eigenvalue weighted by molar-refractivity contribution is 5.95. The van der Waals surface area contributed by atoms with Crippen molar-refractivity contribution in [3.05, 3.63) is 49.9 Å². The molecule has 1 aromatic rings. The van der Waals surface area contributed by atoms with Crippen molar-refractivity contribution in [1.82, 2.24) is 4.90 Å². The lowest BCUT2D eigenvalue weighted by atomic mass is 10.1. The Morgan fingerprint density at radius 1 is 1.04 bits per heavy atom. The number of fused-ring (bicyclic) bond motifs is 1. The lowest BCUT2D eigenvalue weighted by molar-refractivity contribution is -0.421. The number of hydrogen-bond donors (Lipinski definition) is 2. The molecule has 0 unspecified atom stereocenters. The molecule has 1 fully saturated rings. The number of piperidine rings is 1. The van der Waals surface area contributed by atoms with Gasteiger partial charge in [-0.05, 0) is 25.3 Å². The maximum Gasteiger partial charge on any atom is 0.373 e. The number of nitrogens with zero attached hydrogens (tertiary/aromatic N) is 3. The molecule has 10 nitrogen and oxygen atoms in total. The van der Waals surface area contributed by atoms with Gasteiger partial charge in [0.25, 0.3) is 5.69 Å². The molecule has 0 aromatic heterocycles. The molecule has 0 radical (unpaired) electrons. The van der Waals surface area contributed by atoms with Gasteiger partial charge in [-0.1, -0.05) is 0 Å². The zero-order chi connectivity index (χ0) is 17.3. The maximum atomic E-state index is 12.5. The Morgan fingerprint density at radius 3 is 2.33 bits per heavy atom. The Kier molecular flexibility index (Phi) is 4.02. The first-order valence-electron chi connectivity index (χ1n) is 7.48. The van der Waals surface area contributed by atoms with E-state index < -0.39 is 21.5 Å². The van der Waals surface area contributed by atoms with Crippen molar-refractivity contribution in [1.29, 1.82) is 0 Å². The third-order valence-corrected chi connectivity index (χ3v) is 4.00. The summed E-state index contributed by atoms with van der Waals surface area (Å²) in [7, 11) is 0. The van der Waals surface area contributed by atoms with Crippen LogP contribution in [0, 0.1) is 20.2 Å². The monoisotopic (exact) mass is 333 g/mol. The normalized spacial score (nSPS) is 18.2. The van der Waals surface area contributed by atoms with Crippen LogP contribution in [0.5, 0.6) is 0 Å². The van der Waals surface area contributed by atoms with Crippen molar-refractivity contribution in [3.8, 4) is 0 Å². The fourth-order valence-corrected chi connectivity index (χ4v) is 2.80. The number of carbonyl (C=O) groups is 1. The fraction of sp³-hybridized carbons (Fsp3) is 0.357. The number of hydrogen-bond acceptors (Lipinski definition) is 7. The number of carbonyl (C=O) groups excluding carboxylic acids is 1. The summed E-state index contributed by atoms with van der Waals surface area (Å²) < 4.78 is 0. The Labute approximate surface area is 136 Å². The molecule has 2 heterocycles. The molecule has 24 heavy (non-hydrogen) atoms. The average Bonchev–Trinajstić information content (AvgIpc) is 2.97. The first-order chi connectivity index (χ1) is 11.5. The van der Waals surface area contributed by atoms with E-state index in [1.165, 1.54) is 23.1 Å². The lowest BCUT2D eigenvalue weighted by Gasteiger charge is -2.25. The van der Waals surface area contributed by atoms with Crippen molar-refractivity contribution in [2.75, 3.05) is 23.7 Å². The molecule has 1 amide bonds. The van der Waals surface area contributed by atoms with Gasteiger partial charge in [0.2, 0.25) is 0 Å². The number of amides is 1. The highest BCUT2D eigenvalue weighted by Gasteiger charge is 2.35. The van der Waals surface area contributed by atoms with E-state index >= 15 is 0 Å². The zero-order valence-electron chi connectivity index (χ0n) is 12.7. The number of nitro benzene ring substituents is 1. The van der Waals surface area contributed by atoms with E-state index in [1.807, 2.05) is 0 Å². The molecule has 0 aliphatic carbocycles. The van der Waals surface area contributed by atoms with Crippen LogP contribution in [-0.4, -0.2) is 33.7 Å². The number of nitro groups is 2. The molecule has 0 saturated carbocycles. The molecule has 0 bridgehead atoms. The number of benzene rings is 1. The molecule has 0 spiro atoms. The van der Waals surface area contributed by atoms with Crippen molar-refractivity contribution < 1.29 is 14.6 Å². The van der Waals surface area contributed by atoms with Gasteiger partial charge in [0, 0.05) is 25.2 Å². The van der Waals surface area contributed by atoms with Crippen LogP contribution in [0.15, 0.2) is 29.7 Å². The minimum Gasteiger partial charge on any atom is -0.334 e. The van der Waals surface area contributed by atoms with E-state index in [0.29, 0.717) is 24.5 Å². The summed E-state index contributed by atoms with van der Waals surface area (Å²) in [6.45, 7) is 0.976. The SMILES string of the molecule is O=C(/C(=C1\Nc2ccc([N+](=O)[O-])cc2N1)[N+](=O)[O-])N1CCCCC1. The number of nitrogens with one attached hydrogen (secondary N) is 2. The van der Waals surface area contributed by atoms with Crippen molar-refractivity contribution in [2.45, 2.75) is 19.3 Å². The largest absolute Gasteiger partial charge is 0.373 e. The third kappa shape index (κ3) is 2.85. The standard InChI is InChI=1S/C14H15N5O5/c20-14(17-6-2-1-3-7-17)12(19(23)24)13-15-10-5-4-9(18(21)22)8-11(10)16-13/h4-5,8,15-16H,1-3,6-7H2/b13-12-. The molecule has 2 aliphatic rings. The Balaban J connectivity index is 1.92. The highest BCUT2D eigenvalue weighted by atomic mass is 16.6. The summed E-state index contributed by atoms with van der Waals surface area (Å²) in [5.74, 6) is -0.719. The van der Waals surface area contributed by atoms with Gasteiger partial charge in [-0.3, -0.25) is 25.0 Å². The van der Waals surface area contributed by atoms with Crippen molar-refractivity contribution in [3.63, 3.8) is 0 Å². The second kappa shape index (κ2) is 6.14. The summed E-state index contributed by atoms with van der Waals surface area (Å²) >= 11 is 0. The van der Waals surface area contributed by atoms with Crippen LogP contribution >= 0.6 is 0 Å². The van der Waals surface area contributed by atoms with E-state index in [0.717, 1.165) is 19.3 Å². The number of likely N-dealkylation sites (tertiary alicyclic amines) is 1. The minimum absolute atomic E-state index is 0.0638. The number of non-ortho nitro benzene ring substituents is 1. The smallest absolute Gasteiger partial charge is 0.334 e. The van der Waals surface area contributed by atoms with Crippen LogP contribution in [0.3, 0.4) is 0 Å². The van der Waals surface area contributed by atoms with Gasteiger partial charge in [0.15, 0.2) is 5.82 Å². The van der Waals surface area contributed by atoms with Crippen LogP contribution in [0.2, 0.25) is 0 Å². The molecule has 2 aliphatic heterocycles.